The summed E-state index contributed by atoms with van der Waals surface area (Å²) in [5, 5.41) is 9.89. The second-order valence-corrected chi connectivity index (χ2v) is 7.52. The van der Waals surface area contributed by atoms with Gasteiger partial charge in [0.15, 0.2) is 6.23 Å². The van der Waals surface area contributed by atoms with E-state index in [1.807, 2.05) is 0 Å². The molecule has 0 amide bonds. The topological polar surface area (TPSA) is 20.2 Å². The minimum atomic E-state index is -0.205. The Hall–Kier alpha value is -0.120. The lowest BCUT2D eigenvalue weighted by Gasteiger charge is -2.29. The van der Waals surface area contributed by atoms with Crippen LogP contribution in [0.1, 0.15) is 44.9 Å². The van der Waals surface area contributed by atoms with E-state index in [0.29, 0.717) is 4.48 Å². The molecule has 110 valence electrons. The molecule has 0 heterocycles. The molecule has 0 bridgehead atoms. The molecule has 0 aliphatic rings. The van der Waals surface area contributed by atoms with E-state index in [0.717, 1.165) is 17.3 Å². The van der Waals surface area contributed by atoms with Crippen LogP contribution in [0.15, 0.2) is 0 Å². The van der Waals surface area contributed by atoms with Gasteiger partial charge in [-0.25, -0.2) is 0 Å². The number of nitrogens with zero attached hydrogens (tertiary/aromatic N) is 2. The Balaban J connectivity index is 3.32. The largest absolute Gasteiger partial charge is 0.345 e. The number of aliphatic hydroxyl groups excluding tert-OH is 1. The van der Waals surface area contributed by atoms with Gasteiger partial charge in [-0.1, -0.05) is 19.3 Å². The van der Waals surface area contributed by atoms with Gasteiger partial charge in [-0.2, -0.15) is 0 Å². The van der Waals surface area contributed by atoms with Gasteiger partial charge in [-0.05, 0) is 19.3 Å². The Morgan fingerprint density at radius 3 is 1.61 bits per heavy atom. The molecule has 0 radical (unpaired) electrons. The summed E-state index contributed by atoms with van der Waals surface area (Å²) in [7, 11) is 12.9. The molecule has 0 aliphatic heterocycles. The monoisotopic (exact) mass is 260 g/mol. The zero-order chi connectivity index (χ0) is 14.2. The quantitative estimate of drug-likeness (QED) is 0.363. The van der Waals surface area contributed by atoms with E-state index in [4.69, 9.17) is 0 Å². The van der Waals surface area contributed by atoms with Gasteiger partial charge in [0.25, 0.3) is 0 Å². The fourth-order valence-electron chi connectivity index (χ4n) is 2.01. The third-order valence-electron chi connectivity index (χ3n) is 3.44. The van der Waals surface area contributed by atoms with Crippen molar-refractivity contribution in [3.8, 4) is 0 Å². The summed E-state index contributed by atoms with van der Waals surface area (Å²) in [6.45, 7) is 1.28. The Bertz CT molecular complexity index is 204. The lowest BCUT2D eigenvalue weighted by Crippen LogP contribution is -2.44. The molecule has 0 rings (SSSR count). The van der Waals surface area contributed by atoms with Gasteiger partial charge in [-0.3, -0.25) is 0 Å². The molecule has 1 unspecified atom stereocenters. The molecule has 1 N–H and O–H groups in total. The summed E-state index contributed by atoms with van der Waals surface area (Å²) >= 11 is 0. The molecule has 3 heteroatoms. The van der Waals surface area contributed by atoms with Gasteiger partial charge in [0.05, 0.1) is 48.8 Å². The highest BCUT2D eigenvalue weighted by Crippen LogP contribution is 2.12. The van der Waals surface area contributed by atoms with Crippen LogP contribution in [0.3, 0.4) is 0 Å². The van der Waals surface area contributed by atoms with E-state index in [2.05, 4.69) is 42.3 Å². The Morgan fingerprint density at radius 1 is 0.722 bits per heavy atom. The van der Waals surface area contributed by atoms with E-state index < -0.39 is 0 Å². The van der Waals surface area contributed by atoms with Gasteiger partial charge < -0.3 is 14.1 Å². The molecule has 3 nitrogen and oxygen atoms in total. The van der Waals surface area contributed by atoms with Crippen molar-refractivity contribution in [1.29, 1.82) is 0 Å². The van der Waals surface area contributed by atoms with Gasteiger partial charge in [0, 0.05) is 6.42 Å². The zero-order valence-electron chi connectivity index (χ0n) is 13.6. The van der Waals surface area contributed by atoms with Crippen LogP contribution in [-0.4, -0.2) is 69.1 Å². The van der Waals surface area contributed by atoms with Crippen LogP contribution in [0.5, 0.6) is 0 Å². The third-order valence-corrected chi connectivity index (χ3v) is 3.44. The second-order valence-electron chi connectivity index (χ2n) is 7.52. The van der Waals surface area contributed by atoms with Crippen molar-refractivity contribution in [3.63, 3.8) is 0 Å². The van der Waals surface area contributed by atoms with E-state index in [9.17, 15) is 5.11 Å². The minimum Gasteiger partial charge on any atom is -0.345 e. The molecular weight excluding hydrogens is 224 g/mol. The zero-order valence-corrected chi connectivity index (χ0v) is 13.6. The predicted octanol–water partition coefficient (Wildman–Crippen LogP) is 2.45. The summed E-state index contributed by atoms with van der Waals surface area (Å²) in [4.78, 5) is 0. The molecule has 1 atom stereocenters. The third kappa shape index (κ3) is 11.0. The van der Waals surface area contributed by atoms with Crippen molar-refractivity contribution < 1.29 is 14.1 Å². The molecule has 0 aromatic carbocycles. The first kappa shape index (κ1) is 17.9. The van der Waals surface area contributed by atoms with Crippen LogP contribution >= 0.6 is 0 Å². The molecule has 0 aromatic rings. The van der Waals surface area contributed by atoms with E-state index >= 15 is 0 Å². The van der Waals surface area contributed by atoms with Crippen LogP contribution in [0.25, 0.3) is 0 Å². The van der Waals surface area contributed by atoms with Crippen molar-refractivity contribution in [2.24, 2.45) is 0 Å². The van der Waals surface area contributed by atoms with Crippen LogP contribution in [0.2, 0.25) is 0 Å². The number of hydrogen-bond acceptors (Lipinski definition) is 1. The first-order valence-electron chi connectivity index (χ1n) is 7.42. The Morgan fingerprint density at radius 2 is 1.17 bits per heavy atom. The predicted molar refractivity (Wildman–Crippen MR) is 79.3 cm³/mol. The highest BCUT2D eigenvalue weighted by Gasteiger charge is 2.19. The van der Waals surface area contributed by atoms with Crippen LogP contribution in [0.4, 0.5) is 0 Å². The normalized spacial score (nSPS) is 14.8. The molecule has 0 fully saturated rings. The number of unbranched alkanes of at least 4 members (excludes halogenated alkanes) is 5. The maximum absolute atomic E-state index is 9.89. The minimum absolute atomic E-state index is 0.205. The molecule has 18 heavy (non-hydrogen) atoms. The average molecular weight is 260 g/mol. The first-order valence-corrected chi connectivity index (χ1v) is 7.42. The van der Waals surface area contributed by atoms with E-state index in [-0.39, 0.29) is 6.23 Å². The summed E-state index contributed by atoms with van der Waals surface area (Å²) in [5.74, 6) is 0. The fourth-order valence-corrected chi connectivity index (χ4v) is 2.01. The van der Waals surface area contributed by atoms with Crippen LogP contribution in [-0.2, 0) is 0 Å². The molecule has 0 aliphatic carbocycles. The van der Waals surface area contributed by atoms with Crippen LogP contribution in [0, 0.1) is 0 Å². The van der Waals surface area contributed by atoms with Crippen molar-refractivity contribution in [2.75, 3.05) is 48.8 Å². The summed E-state index contributed by atoms with van der Waals surface area (Å²) in [6, 6.07) is 0. The van der Waals surface area contributed by atoms with Crippen molar-refractivity contribution in [3.05, 3.63) is 0 Å². The van der Waals surface area contributed by atoms with Gasteiger partial charge in [0.2, 0.25) is 0 Å². The maximum Gasteiger partial charge on any atom is 0.189 e. The first-order chi connectivity index (χ1) is 8.13. The van der Waals surface area contributed by atoms with Crippen LogP contribution < -0.4 is 0 Å². The number of quaternary nitrogens is 2. The highest BCUT2D eigenvalue weighted by molar-refractivity contribution is 4.48. The maximum atomic E-state index is 9.89. The highest BCUT2D eigenvalue weighted by atomic mass is 16.3. The van der Waals surface area contributed by atoms with Gasteiger partial charge in [0.1, 0.15) is 0 Å². The number of rotatable bonds is 10. The van der Waals surface area contributed by atoms with Gasteiger partial charge in [-0.15, -0.1) is 0 Å². The van der Waals surface area contributed by atoms with E-state index in [1.165, 1.54) is 38.6 Å². The summed E-state index contributed by atoms with van der Waals surface area (Å²) in [6.07, 6.45) is 8.51. The fraction of sp³-hybridized carbons (Fsp3) is 1.00. The number of hydrogen-bond donors (Lipinski definition) is 1. The summed E-state index contributed by atoms with van der Waals surface area (Å²) < 4.78 is 1.74. The van der Waals surface area contributed by atoms with Gasteiger partial charge >= 0.3 is 0 Å². The Kier molecular flexibility index (Phi) is 8.08. The van der Waals surface area contributed by atoms with E-state index in [1.54, 1.807) is 0 Å². The lowest BCUT2D eigenvalue weighted by atomic mass is 10.1. The standard InChI is InChI=1S/C15H36N2O/c1-16(2,3)14-12-10-8-7-9-11-13-15(18)17(4,5)6/h15,18H,7-14H2,1-6H3/q+2. The van der Waals surface area contributed by atoms with Crippen molar-refractivity contribution in [2.45, 2.75) is 51.2 Å². The smallest absolute Gasteiger partial charge is 0.189 e. The summed E-state index contributed by atoms with van der Waals surface area (Å²) in [5.41, 5.74) is 0. The molecule has 0 saturated carbocycles. The molecular formula is C15H36N2O+2. The van der Waals surface area contributed by atoms with Crippen molar-refractivity contribution >= 4 is 0 Å². The average Bonchev–Trinajstić information content (AvgIpc) is 2.18. The Labute approximate surface area is 115 Å². The lowest BCUT2D eigenvalue weighted by molar-refractivity contribution is -0.919. The molecule has 0 spiro atoms. The number of aliphatic hydroxyl groups is 1. The second kappa shape index (κ2) is 8.13. The molecule has 0 aromatic heterocycles. The molecule has 0 saturated heterocycles. The SMILES string of the molecule is C[N+](C)(C)CCCCCCCCC(O)[N+](C)(C)C. The van der Waals surface area contributed by atoms with Crippen molar-refractivity contribution in [1.82, 2.24) is 0 Å².